The summed E-state index contributed by atoms with van der Waals surface area (Å²) >= 11 is 0. The van der Waals surface area contributed by atoms with Gasteiger partial charge in [-0.2, -0.15) is 0 Å². The van der Waals surface area contributed by atoms with Crippen LogP contribution in [-0.2, 0) is 10.2 Å². The van der Waals surface area contributed by atoms with E-state index in [1.165, 1.54) is 24.5 Å². The first kappa shape index (κ1) is 16.4. The average molecular weight is 325 g/mol. The number of methoxy groups -OCH3 is 1. The van der Waals surface area contributed by atoms with E-state index in [-0.39, 0.29) is 11.3 Å². The Kier molecular flexibility index (Phi) is 5.04. The van der Waals surface area contributed by atoms with Gasteiger partial charge < -0.3 is 14.5 Å². The minimum absolute atomic E-state index is 0.0282. The Bertz CT molecular complexity index is 680. The molecule has 0 spiro atoms. The van der Waals surface area contributed by atoms with Crippen LogP contribution in [0.25, 0.3) is 6.08 Å². The summed E-state index contributed by atoms with van der Waals surface area (Å²) in [6.45, 7) is 0.653. The van der Waals surface area contributed by atoms with Gasteiger partial charge in [0.1, 0.15) is 11.5 Å². The third kappa shape index (κ3) is 3.70. The molecule has 126 valence electrons. The third-order valence-electron chi connectivity index (χ3n) is 4.81. The molecule has 0 atom stereocenters. The quantitative estimate of drug-likeness (QED) is 0.819. The maximum Gasteiger partial charge on any atom is 0.244 e. The fraction of sp³-hybridized carbons (Fsp3) is 0.350. The van der Waals surface area contributed by atoms with Crippen LogP contribution in [0, 0.1) is 0 Å². The van der Waals surface area contributed by atoms with E-state index in [0.717, 1.165) is 18.6 Å². The summed E-state index contributed by atoms with van der Waals surface area (Å²) < 4.78 is 10.4. The summed E-state index contributed by atoms with van der Waals surface area (Å²) in [5.74, 6) is 1.44. The Balaban J connectivity index is 1.66. The highest BCUT2D eigenvalue weighted by Crippen LogP contribution is 2.41. The van der Waals surface area contributed by atoms with E-state index in [1.54, 1.807) is 25.5 Å². The van der Waals surface area contributed by atoms with E-state index in [2.05, 4.69) is 17.4 Å². The molecule has 24 heavy (non-hydrogen) atoms. The molecule has 0 bridgehead atoms. The zero-order chi connectivity index (χ0) is 16.8. The minimum atomic E-state index is -0.0915. The number of carbonyl (C=O) groups excluding carboxylic acids is 1. The number of hydrogen-bond acceptors (Lipinski definition) is 3. The summed E-state index contributed by atoms with van der Waals surface area (Å²) in [5, 5.41) is 3.06. The van der Waals surface area contributed by atoms with Crippen molar-refractivity contribution < 1.29 is 13.9 Å². The Labute approximate surface area is 142 Å². The zero-order valence-corrected chi connectivity index (χ0v) is 14.0. The van der Waals surface area contributed by atoms with E-state index < -0.39 is 0 Å². The van der Waals surface area contributed by atoms with Crippen LogP contribution in [0.2, 0.25) is 0 Å². The van der Waals surface area contributed by atoms with E-state index in [1.807, 2.05) is 18.2 Å². The normalized spacial score (nSPS) is 16.4. The lowest BCUT2D eigenvalue weighted by atomic mass is 9.78. The topological polar surface area (TPSA) is 51.5 Å². The molecule has 0 unspecified atom stereocenters. The molecule has 1 N–H and O–H groups in total. The Morgan fingerprint density at radius 2 is 2.00 bits per heavy atom. The second-order valence-electron chi connectivity index (χ2n) is 6.28. The molecular formula is C20H23NO3. The number of carbonyl (C=O) groups is 1. The summed E-state index contributed by atoms with van der Waals surface area (Å²) in [5.41, 5.74) is 1.30. The van der Waals surface area contributed by atoms with Gasteiger partial charge in [0, 0.05) is 18.0 Å². The molecule has 1 saturated carbocycles. The fourth-order valence-corrected chi connectivity index (χ4v) is 3.42. The Morgan fingerprint density at radius 1 is 1.25 bits per heavy atom. The van der Waals surface area contributed by atoms with Gasteiger partial charge in [0.15, 0.2) is 0 Å². The highest BCUT2D eigenvalue weighted by Gasteiger charge is 2.35. The first-order valence-electron chi connectivity index (χ1n) is 8.36. The molecule has 1 aliphatic carbocycles. The molecule has 1 aliphatic rings. The zero-order valence-electron chi connectivity index (χ0n) is 14.0. The fourth-order valence-electron chi connectivity index (χ4n) is 3.42. The molecule has 0 saturated heterocycles. The predicted octanol–water partition coefficient (Wildman–Crippen LogP) is 3.93. The molecule has 1 fully saturated rings. The number of furan rings is 1. The van der Waals surface area contributed by atoms with Gasteiger partial charge in [-0.1, -0.05) is 25.0 Å². The molecule has 1 aromatic heterocycles. The first-order valence-corrected chi connectivity index (χ1v) is 8.36. The maximum absolute atomic E-state index is 12.1. The predicted molar refractivity (Wildman–Crippen MR) is 93.9 cm³/mol. The lowest BCUT2D eigenvalue weighted by Gasteiger charge is -2.30. The SMILES string of the molecule is COc1ccc(C2(CNC(=O)/C=C/c3ccco3)CCCC2)cc1. The van der Waals surface area contributed by atoms with Crippen LogP contribution in [-0.4, -0.2) is 19.6 Å². The molecule has 4 heteroatoms. The van der Waals surface area contributed by atoms with Crippen molar-refractivity contribution in [2.75, 3.05) is 13.7 Å². The number of nitrogens with one attached hydrogen (secondary N) is 1. The number of rotatable bonds is 6. The lowest BCUT2D eigenvalue weighted by molar-refractivity contribution is -0.116. The molecule has 1 heterocycles. The van der Waals surface area contributed by atoms with Gasteiger partial charge in [-0.25, -0.2) is 0 Å². The lowest BCUT2D eigenvalue weighted by Crippen LogP contribution is -2.38. The highest BCUT2D eigenvalue weighted by molar-refractivity contribution is 5.91. The van der Waals surface area contributed by atoms with Gasteiger partial charge in [0.2, 0.25) is 5.91 Å². The van der Waals surface area contributed by atoms with Crippen LogP contribution in [0.3, 0.4) is 0 Å². The highest BCUT2D eigenvalue weighted by atomic mass is 16.5. The van der Waals surface area contributed by atoms with Crippen LogP contribution in [0.1, 0.15) is 37.0 Å². The summed E-state index contributed by atoms with van der Waals surface area (Å²) in [4.78, 5) is 12.1. The molecule has 0 aliphatic heterocycles. The second kappa shape index (κ2) is 7.39. The van der Waals surface area contributed by atoms with Gasteiger partial charge in [0.25, 0.3) is 0 Å². The van der Waals surface area contributed by atoms with E-state index in [4.69, 9.17) is 9.15 Å². The van der Waals surface area contributed by atoms with Crippen molar-refractivity contribution in [1.29, 1.82) is 0 Å². The summed E-state index contributed by atoms with van der Waals surface area (Å²) in [6.07, 6.45) is 9.39. The minimum Gasteiger partial charge on any atom is -0.497 e. The monoisotopic (exact) mass is 325 g/mol. The second-order valence-corrected chi connectivity index (χ2v) is 6.28. The number of benzene rings is 1. The molecule has 1 amide bonds. The third-order valence-corrected chi connectivity index (χ3v) is 4.81. The molecule has 0 radical (unpaired) electrons. The summed E-state index contributed by atoms with van der Waals surface area (Å²) in [6, 6.07) is 11.8. The van der Waals surface area contributed by atoms with Crippen molar-refractivity contribution in [3.8, 4) is 5.75 Å². The molecular weight excluding hydrogens is 302 g/mol. The first-order chi connectivity index (χ1) is 11.7. The average Bonchev–Trinajstić information content (AvgIpc) is 3.31. The standard InChI is InChI=1S/C20H23NO3/c1-23-17-8-6-16(7-9-17)20(12-2-3-13-20)15-21-19(22)11-10-18-5-4-14-24-18/h4-11,14H,2-3,12-13,15H2,1H3,(H,21,22)/b11-10+. The van der Waals surface area contributed by atoms with E-state index in [9.17, 15) is 4.79 Å². The van der Waals surface area contributed by atoms with Crippen molar-refractivity contribution >= 4 is 12.0 Å². The number of ether oxygens (including phenoxy) is 1. The summed E-state index contributed by atoms with van der Waals surface area (Å²) in [7, 11) is 1.67. The van der Waals surface area contributed by atoms with Gasteiger partial charge in [-0.05, 0) is 48.7 Å². The van der Waals surface area contributed by atoms with Crippen LogP contribution in [0.15, 0.2) is 53.2 Å². The van der Waals surface area contributed by atoms with Crippen molar-refractivity contribution in [3.05, 3.63) is 60.1 Å². The van der Waals surface area contributed by atoms with Crippen molar-refractivity contribution in [3.63, 3.8) is 0 Å². The Hall–Kier alpha value is -2.49. The molecule has 3 rings (SSSR count). The van der Waals surface area contributed by atoms with Gasteiger partial charge in [0.05, 0.1) is 13.4 Å². The van der Waals surface area contributed by atoms with Crippen molar-refractivity contribution in [1.82, 2.24) is 5.32 Å². The van der Waals surface area contributed by atoms with Crippen molar-refractivity contribution in [2.45, 2.75) is 31.1 Å². The van der Waals surface area contributed by atoms with Crippen LogP contribution in [0.5, 0.6) is 5.75 Å². The largest absolute Gasteiger partial charge is 0.497 e. The maximum atomic E-state index is 12.1. The van der Waals surface area contributed by atoms with Crippen LogP contribution in [0.4, 0.5) is 0 Å². The van der Waals surface area contributed by atoms with Crippen molar-refractivity contribution in [2.24, 2.45) is 0 Å². The van der Waals surface area contributed by atoms with Gasteiger partial charge in [-0.15, -0.1) is 0 Å². The Morgan fingerprint density at radius 3 is 2.62 bits per heavy atom. The molecule has 2 aromatic rings. The smallest absolute Gasteiger partial charge is 0.244 e. The number of amides is 1. The molecule has 4 nitrogen and oxygen atoms in total. The van der Waals surface area contributed by atoms with Gasteiger partial charge >= 0.3 is 0 Å². The molecule has 1 aromatic carbocycles. The van der Waals surface area contributed by atoms with Crippen LogP contribution >= 0.6 is 0 Å². The van der Waals surface area contributed by atoms with Gasteiger partial charge in [-0.3, -0.25) is 4.79 Å². The number of hydrogen-bond donors (Lipinski definition) is 1. The van der Waals surface area contributed by atoms with E-state index >= 15 is 0 Å². The van der Waals surface area contributed by atoms with Crippen LogP contribution < -0.4 is 10.1 Å². The van der Waals surface area contributed by atoms with E-state index in [0.29, 0.717) is 12.3 Å².